The van der Waals surface area contributed by atoms with Crippen LogP contribution >= 0.6 is 0 Å². The first-order valence-corrected chi connectivity index (χ1v) is 6.61. The zero-order chi connectivity index (χ0) is 13.7. The van der Waals surface area contributed by atoms with Gasteiger partial charge in [-0.1, -0.05) is 18.2 Å². The molecular weight excluding hydrogens is 240 g/mol. The molecule has 0 bridgehead atoms. The summed E-state index contributed by atoms with van der Waals surface area (Å²) in [6.45, 7) is 4.74. The number of ether oxygens (including phenoxy) is 1. The van der Waals surface area contributed by atoms with Crippen molar-refractivity contribution in [1.82, 2.24) is 15.0 Å². The van der Waals surface area contributed by atoms with Crippen LogP contribution in [0.25, 0.3) is 5.69 Å². The minimum atomic E-state index is 0.207. The Balaban J connectivity index is 2.17. The molecule has 19 heavy (non-hydrogen) atoms. The van der Waals surface area contributed by atoms with Crippen LogP contribution in [0.3, 0.4) is 0 Å². The zero-order valence-electron chi connectivity index (χ0n) is 11.4. The first kappa shape index (κ1) is 13.5. The van der Waals surface area contributed by atoms with Crippen LogP contribution in [0.15, 0.2) is 30.5 Å². The standard InChI is InChI=1S/C14H20N4O/c1-3-11(2)19-14-6-4-5-13(9-14)18-10-12(7-8-15)16-17-18/h4-6,9-11H,3,7-8,15H2,1-2H3. The molecule has 2 rings (SSSR count). The molecule has 0 fully saturated rings. The van der Waals surface area contributed by atoms with E-state index in [2.05, 4.69) is 24.2 Å². The predicted octanol–water partition coefficient (Wildman–Crippen LogP) is 1.95. The molecule has 1 aromatic carbocycles. The number of benzene rings is 1. The largest absolute Gasteiger partial charge is 0.491 e. The van der Waals surface area contributed by atoms with Crippen LogP contribution in [-0.2, 0) is 6.42 Å². The Labute approximate surface area is 113 Å². The van der Waals surface area contributed by atoms with E-state index >= 15 is 0 Å². The van der Waals surface area contributed by atoms with Crippen LogP contribution in [0.5, 0.6) is 5.75 Å². The van der Waals surface area contributed by atoms with Crippen LogP contribution < -0.4 is 10.5 Å². The molecule has 1 heterocycles. The highest BCUT2D eigenvalue weighted by atomic mass is 16.5. The lowest BCUT2D eigenvalue weighted by Gasteiger charge is -2.13. The lowest BCUT2D eigenvalue weighted by Crippen LogP contribution is -2.09. The Morgan fingerprint density at radius 2 is 2.26 bits per heavy atom. The number of aromatic nitrogens is 3. The number of hydrogen-bond acceptors (Lipinski definition) is 4. The second-order valence-electron chi connectivity index (χ2n) is 4.53. The van der Waals surface area contributed by atoms with Crippen molar-refractivity contribution >= 4 is 0 Å². The lowest BCUT2D eigenvalue weighted by molar-refractivity contribution is 0.217. The summed E-state index contributed by atoms with van der Waals surface area (Å²) >= 11 is 0. The van der Waals surface area contributed by atoms with Gasteiger partial charge in [-0.15, -0.1) is 5.10 Å². The molecule has 1 unspecified atom stereocenters. The van der Waals surface area contributed by atoms with Gasteiger partial charge in [-0.25, -0.2) is 4.68 Å². The topological polar surface area (TPSA) is 66.0 Å². The van der Waals surface area contributed by atoms with Crippen molar-refractivity contribution in [2.75, 3.05) is 6.54 Å². The van der Waals surface area contributed by atoms with Crippen LogP contribution in [-0.4, -0.2) is 27.6 Å². The minimum Gasteiger partial charge on any atom is -0.491 e. The van der Waals surface area contributed by atoms with Gasteiger partial charge in [-0.05, 0) is 32.0 Å². The SMILES string of the molecule is CCC(C)Oc1cccc(-n2cc(CCN)nn2)c1. The molecule has 2 aromatic rings. The Kier molecular flexibility index (Phi) is 4.52. The smallest absolute Gasteiger partial charge is 0.121 e. The minimum absolute atomic E-state index is 0.207. The molecule has 0 spiro atoms. The van der Waals surface area contributed by atoms with E-state index < -0.39 is 0 Å². The normalized spacial score (nSPS) is 12.4. The van der Waals surface area contributed by atoms with E-state index in [1.807, 2.05) is 30.5 Å². The monoisotopic (exact) mass is 260 g/mol. The van der Waals surface area contributed by atoms with Crippen molar-refractivity contribution in [2.45, 2.75) is 32.8 Å². The zero-order valence-corrected chi connectivity index (χ0v) is 11.4. The molecule has 2 N–H and O–H groups in total. The molecule has 0 saturated carbocycles. The molecule has 0 saturated heterocycles. The molecule has 0 aliphatic carbocycles. The Hall–Kier alpha value is -1.88. The molecule has 1 aromatic heterocycles. The van der Waals surface area contributed by atoms with Gasteiger partial charge in [0.25, 0.3) is 0 Å². The number of nitrogens with zero attached hydrogens (tertiary/aromatic N) is 3. The Bertz CT molecular complexity index is 524. The summed E-state index contributed by atoms with van der Waals surface area (Å²) in [7, 11) is 0. The third-order valence-electron chi connectivity index (χ3n) is 2.94. The number of hydrogen-bond donors (Lipinski definition) is 1. The average Bonchev–Trinajstić information content (AvgIpc) is 2.88. The van der Waals surface area contributed by atoms with Crippen LogP contribution in [0.1, 0.15) is 26.0 Å². The van der Waals surface area contributed by atoms with Gasteiger partial charge < -0.3 is 10.5 Å². The highest BCUT2D eigenvalue weighted by Crippen LogP contribution is 2.18. The molecule has 1 atom stereocenters. The van der Waals surface area contributed by atoms with Gasteiger partial charge in [0, 0.05) is 12.5 Å². The highest BCUT2D eigenvalue weighted by molar-refractivity contribution is 5.38. The highest BCUT2D eigenvalue weighted by Gasteiger charge is 2.05. The van der Waals surface area contributed by atoms with Crippen LogP contribution in [0, 0.1) is 0 Å². The summed E-state index contributed by atoms with van der Waals surface area (Å²) < 4.78 is 7.54. The summed E-state index contributed by atoms with van der Waals surface area (Å²) in [4.78, 5) is 0. The molecule has 0 aliphatic rings. The van der Waals surface area contributed by atoms with Gasteiger partial charge in [0.05, 0.1) is 23.7 Å². The molecular formula is C14H20N4O. The van der Waals surface area contributed by atoms with Gasteiger partial charge in [0.1, 0.15) is 5.75 Å². The maximum absolute atomic E-state index is 5.80. The Morgan fingerprint density at radius 1 is 1.42 bits per heavy atom. The van der Waals surface area contributed by atoms with E-state index in [9.17, 15) is 0 Å². The third-order valence-corrected chi connectivity index (χ3v) is 2.94. The molecule has 5 heteroatoms. The molecule has 0 amide bonds. The lowest BCUT2D eigenvalue weighted by atomic mass is 10.2. The first-order chi connectivity index (χ1) is 9.22. The Morgan fingerprint density at radius 3 is 3.00 bits per heavy atom. The summed E-state index contributed by atoms with van der Waals surface area (Å²) in [5, 5.41) is 8.18. The van der Waals surface area contributed by atoms with Crippen LogP contribution in [0.4, 0.5) is 0 Å². The van der Waals surface area contributed by atoms with E-state index in [4.69, 9.17) is 10.5 Å². The number of nitrogens with two attached hydrogens (primary N) is 1. The van der Waals surface area contributed by atoms with Gasteiger partial charge in [0.2, 0.25) is 0 Å². The average molecular weight is 260 g/mol. The summed E-state index contributed by atoms with van der Waals surface area (Å²) in [5.74, 6) is 0.850. The van der Waals surface area contributed by atoms with Crippen molar-refractivity contribution in [2.24, 2.45) is 5.73 Å². The molecule has 5 nitrogen and oxygen atoms in total. The maximum Gasteiger partial charge on any atom is 0.121 e. The molecule has 102 valence electrons. The van der Waals surface area contributed by atoms with Crippen molar-refractivity contribution in [3.8, 4) is 11.4 Å². The van der Waals surface area contributed by atoms with Crippen LogP contribution in [0.2, 0.25) is 0 Å². The number of rotatable bonds is 6. The summed E-state index contributed by atoms with van der Waals surface area (Å²) in [5.41, 5.74) is 7.35. The van der Waals surface area contributed by atoms with Crippen molar-refractivity contribution < 1.29 is 4.74 Å². The summed E-state index contributed by atoms with van der Waals surface area (Å²) in [6, 6.07) is 7.85. The summed E-state index contributed by atoms with van der Waals surface area (Å²) in [6.07, 6.45) is 3.82. The first-order valence-electron chi connectivity index (χ1n) is 6.61. The van der Waals surface area contributed by atoms with E-state index in [1.54, 1.807) is 4.68 Å². The fraction of sp³-hybridized carbons (Fsp3) is 0.429. The van der Waals surface area contributed by atoms with Gasteiger partial charge in [-0.2, -0.15) is 0 Å². The fourth-order valence-electron chi connectivity index (χ4n) is 1.70. The van der Waals surface area contributed by atoms with E-state index in [1.165, 1.54) is 0 Å². The van der Waals surface area contributed by atoms with Crippen molar-refractivity contribution in [1.29, 1.82) is 0 Å². The van der Waals surface area contributed by atoms with Gasteiger partial charge >= 0.3 is 0 Å². The third kappa shape index (κ3) is 3.54. The van der Waals surface area contributed by atoms with E-state index in [-0.39, 0.29) is 6.10 Å². The fourth-order valence-corrected chi connectivity index (χ4v) is 1.70. The van der Waals surface area contributed by atoms with E-state index in [0.717, 1.165) is 30.0 Å². The van der Waals surface area contributed by atoms with Crippen molar-refractivity contribution in [3.63, 3.8) is 0 Å². The quantitative estimate of drug-likeness (QED) is 0.862. The van der Waals surface area contributed by atoms with Gasteiger partial charge in [0.15, 0.2) is 0 Å². The van der Waals surface area contributed by atoms with E-state index in [0.29, 0.717) is 6.54 Å². The second-order valence-corrected chi connectivity index (χ2v) is 4.53. The maximum atomic E-state index is 5.80. The van der Waals surface area contributed by atoms with Gasteiger partial charge in [-0.3, -0.25) is 0 Å². The molecule has 0 aliphatic heterocycles. The second kappa shape index (κ2) is 6.33. The predicted molar refractivity (Wildman–Crippen MR) is 74.5 cm³/mol. The molecule has 0 radical (unpaired) electrons. The van der Waals surface area contributed by atoms with Crippen molar-refractivity contribution in [3.05, 3.63) is 36.2 Å².